The number of rotatable bonds is 7. The fourth-order valence-electron chi connectivity index (χ4n) is 3.71. The Morgan fingerprint density at radius 3 is 2.45 bits per heavy atom. The summed E-state index contributed by atoms with van der Waals surface area (Å²) in [7, 11) is 0. The molecule has 29 heavy (non-hydrogen) atoms. The van der Waals surface area contributed by atoms with Crippen LogP contribution in [0.5, 0.6) is 0 Å². The minimum absolute atomic E-state index is 0.0285. The number of nitrogens with one attached hydrogen (secondary N) is 1. The Hall–Kier alpha value is -2.99. The Bertz CT molecular complexity index is 918. The number of halogens is 1. The molecular weight excluding hydrogens is 371 g/mol. The normalized spacial score (nSPS) is 21.2. The zero-order chi connectivity index (χ0) is 20.4. The second-order valence-corrected chi connectivity index (χ2v) is 7.78. The molecule has 1 aliphatic heterocycles. The van der Waals surface area contributed by atoms with E-state index in [1.807, 2.05) is 12.1 Å². The molecule has 2 unspecified atom stereocenters. The molecule has 2 N–H and O–H groups in total. The molecule has 1 saturated heterocycles. The van der Waals surface area contributed by atoms with Gasteiger partial charge in [-0.15, -0.1) is 0 Å². The average molecular weight is 394 g/mol. The first-order valence-electron chi connectivity index (χ1n) is 9.79. The van der Waals surface area contributed by atoms with Crippen LogP contribution < -0.4 is 5.32 Å². The molecule has 150 valence electrons. The molecular formula is C23H23FN2O3. The molecule has 1 heterocycles. The third-order valence-corrected chi connectivity index (χ3v) is 5.60. The number of aromatic carboxylic acids is 1. The van der Waals surface area contributed by atoms with Crippen molar-refractivity contribution in [2.24, 2.45) is 5.92 Å². The highest BCUT2D eigenvalue weighted by Gasteiger charge is 2.39. The van der Waals surface area contributed by atoms with E-state index in [4.69, 9.17) is 5.11 Å². The molecule has 0 spiro atoms. The standard InChI is InChI=1S/C23H23FN2O3/c24-19-8-6-17(7-9-19)20-11-21(20)25-12-16-13-26(14-16)22(27)10-3-15-1-4-18(5-2-15)23(28)29/h1-10,16,20-21,25H,11-14H2,(H,28,29)/b10-3+. The predicted octanol–water partition coefficient (Wildman–Crippen LogP) is 3.14. The summed E-state index contributed by atoms with van der Waals surface area (Å²) in [5.74, 6) is -0.281. The van der Waals surface area contributed by atoms with Gasteiger partial charge in [0.15, 0.2) is 0 Å². The van der Waals surface area contributed by atoms with Crippen LogP contribution in [0.2, 0.25) is 0 Å². The molecule has 1 saturated carbocycles. The zero-order valence-electron chi connectivity index (χ0n) is 15.9. The Morgan fingerprint density at radius 2 is 1.79 bits per heavy atom. The van der Waals surface area contributed by atoms with Crippen LogP contribution in [-0.4, -0.2) is 47.6 Å². The minimum Gasteiger partial charge on any atom is -0.478 e. The number of carbonyl (C=O) groups is 2. The number of amides is 1. The van der Waals surface area contributed by atoms with Crippen LogP contribution in [-0.2, 0) is 4.79 Å². The summed E-state index contributed by atoms with van der Waals surface area (Å²) in [5, 5.41) is 12.5. The lowest BCUT2D eigenvalue weighted by Crippen LogP contribution is -2.53. The minimum atomic E-state index is -0.966. The zero-order valence-corrected chi connectivity index (χ0v) is 15.9. The Labute approximate surface area is 168 Å². The molecule has 0 radical (unpaired) electrons. The lowest BCUT2D eigenvalue weighted by atomic mass is 9.99. The van der Waals surface area contributed by atoms with Gasteiger partial charge in [-0.2, -0.15) is 0 Å². The molecule has 6 heteroatoms. The summed E-state index contributed by atoms with van der Waals surface area (Å²) < 4.78 is 13.0. The van der Waals surface area contributed by atoms with Crippen LogP contribution >= 0.6 is 0 Å². The van der Waals surface area contributed by atoms with Gasteiger partial charge in [0, 0.05) is 43.6 Å². The SMILES string of the molecule is O=C(O)c1ccc(/C=C/C(=O)N2CC(CNC3CC3c3ccc(F)cc3)C2)cc1. The Kier molecular flexibility index (Phi) is 5.45. The van der Waals surface area contributed by atoms with Gasteiger partial charge in [-0.25, -0.2) is 9.18 Å². The predicted molar refractivity (Wildman–Crippen MR) is 108 cm³/mol. The fourth-order valence-corrected chi connectivity index (χ4v) is 3.71. The van der Waals surface area contributed by atoms with Gasteiger partial charge in [-0.1, -0.05) is 24.3 Å². The lowest BCUT2D eigenvalue weighted by molar-refractivity contribution is -0.131. The Balaban J connectivity index is 1.17. The van der Waals surface area contributed by atoms with E-state index in [1.54, 1.807) is 23.1 Å². The van der Waals surface area contributed by atoms with Crippen LogP contribution in [0, 0.1) is 11.7 Å². The van der Waals surface area contributed by atoms with E-state index in [9.17, 15) is 14.0 Å². The van der Waals surface area contributed by atoms with Crippen LogP contribution in [0.1, 0.15) is 33.8 Å². The fraction of sp³-hybridized carbons (Fsp3) is 0.304. The molecule has 0 aromatic heterocycles. The summed E-state index contributed by atoms with van der Waals surface area (Å²) >= 11 is 0. The highest BCUT2D eigenvalue weighted by atomic mass is 19.1. The maximum atomic E-state index is 13.0. The molecule has 0 bridgehead atoms. The molecule has 1 amide bonds. The first kappa shape index (κ1) is 19.3. The van der Waals surface area contributed by atoms with Crippen LogP contribution in [0.25, 0.3) is 6.08 Å². The van der Waals surface area contributed by atoms with Gasteiger partial charge in [0.1, 0.15) is 5.82 Å². The number of hydrogen-bond donors (Lipinski definition) is 2. The largest absolute Gasteiger partial charge is 0.478 e. The van der Waals surface area contributed by atoms with E-state index >= 15 is 0 Å². The summed E-state index contributed by atoms with van der Waals surface area (Å²) in [5.41, 5.74) is 2.20. The molecule has 4 rings (SSSR count). The summed E-state index contributed by atoms with van der Waals surface area (Å²) in [6.45, 7) is 2.36. The number of carboxylic acid groups (broad SMARTS) is 1. The van der Waals surface area contributed by atoms with E-state index in [1.165, 1.54) is 35.9 Å². The third-order valence-electron chi connectivity index (χ3n) is 5.60. The van der Waals surface area contributed by atoms with Crippen molar-refractivity contribution in [3.05, 3.63) is 77.1 Å². The van der Waals surface area contributed by atoms with Gasteiger partial charge in [0.25, 0.3) is 0 Å². The van der Waals surface area contributed by atoms with Gasteiger partial charge >= 0.3 is 5.97 Å². The molecule has 2 aromatic rings. The number of carbonyl (C=O) groups excluding carboxylic acids is 1. The van der Waals surface area contributed by atoms with Crippen molar-refractivity contribution in [3.8, 4) is 0 Å². The van der Waals surface area contributed by atoms with Crippen molar-refractivity contribution in [1.82, 2.24) is 10.2 Å². The molecule has 2 fully saturated rings. The number of likely N-dealkylation sites (tertiary alicyclic amines) is 1. The first-order chi connectivity index (χ1) is 14.0. The van der Waals surface area contributed by atoms with E-state index < -0.39 is 5.97 Å². The van der Waals surface area contributed by atoms with Crippen molar-refractivity contribution in [2.75, 3.05) is 19.6 Å². The number of hydrogen-bond acceptors (Lipinski definition) is 3. The lowest BCUT2D eigenvalue weighted by Gasteiger charge is -2.39. The molecule has 1 aliphatic carbocycles. The van der Waals surface area contributed by atoms with Crippen LogP contribution in [0.4, 0.5) is 4.39 Å². The number of benzene rings is 2. The van der Waals surface area contributed by atoms with Crippen molar-refractivity contribution in [3.63, 3.8) is 0 Å². The third kappa shape index (κ3) is 4.71. The monoisotopic (exact) mass is 394 g/mol. The molecule has 2 aliphatic rings. The maximum Gasteiger partial charge on any atom is 0.335 e. The second-order valence-electron chi connectivity index (χ2n) is 7.78. The molecule has 2 aromatic carbocycles. The van der Waals surface area contributed by atoms with E-state index in [0.717, 1.165) is 31.6 Å². The van der Waals surface area contributed by atoms with Gasteiger partial charge in [0.2, 0.25) is 5.91 Å². The summed E-state index contributed by atoms with van der Waals surface area (Å²) in [6.07, 6.45) is 4.31. The topological polar surface area (TPSA) is 69.6 Å². The average Bonchev–Trinajstić information content (AvgIpc) is 3.45. The van der Waals surface area contributed by atoms with Crippen LogP contribution in [0.15, 0.2) is 54.6 Å². The second kappa shape index (κ2) is 8.17. The van der Waals surface area contributed by atoms with Gasteiger partial charge in [-0.05, 0) is 47.9 Å². The summed E-state index contributed by atoms with van der Waals surface area (Å²) in [4.78, 5) is 24.9. The smallest absolute Gasteiger partial charge is 0.335 e. The Morgan fingerprint density at radius 1 is 1.10 bits per heavy atom. The van der Waals surface area contributed by atoms with Crippen LogP contribution in [0.3, 0.4) is 0 Å². The summed E-state index contributed by atoms with van der Waals surface area (Å²) in [6, 6.07) is 13.6. The number of carboxylic acids is 1. The molecule has 2 atom stereocenters. The highest BCUT2D eigenvalue weighted by Crippen LogP contribution is 2.40. The van der Waals surface area contributed by atoms with Gasteiger partial charge in [-0.3, -0.25) is 4.79 Å². The molecule has 5 nitrogen and oxygen atoms in total. The van der Waals surface area contributed by atoms with E-state index in [-0.39, 0.29) is 17.3 Å². The first-order valence-corrected chi connectivity index (χ1v) is 9.79. The number of nitrogens with zero attached hydrogens (tertiary/aromatic N) is 1. The van der Waals surface area contributed by atoms with Gasteiger partial charge < -0.3 is 15.3 Å². The van der Waals surface area contributed by atoms with Crippen molar-refractivity contribution in [2.45, 2.75) is 18.4 Å². The van der Waals surface area contributed by atoms with E-state index in [0.29, 0.717) is 17.9 Å². The van der Waals surface area contributed by atoms with Crippen molar-refractivity contribution < 1.29 is 19.1 Å². The van der Waals surface area contributed by atoms with Gasteiger partial charge in [0.05, 0.1) is 5.56 Å². The maximum absolute atomic E-state index is 13.0. The van der Waals surface area contributed by atoms with E-state index in [2.05, 4.69) is 5.32 Å². The van der Waals surface area contributed by atoms with Crippen molar-refractivity contribution >= 4 is 18.0 Å². The highest BCUT2D eigenvalue weighted by molar-refractivity contribution is 5.92. The quantitative estimate of drug-likeness (QED) is 0.708. The van der Waals surface area contributed by atoms with Crippen molar-refractivity contribution in [1.29, 1.82) is 0 Å².